The van der Waals surface area contributed by atoms with Crippen LogP contribution in [0.15, 0.2) is 41.3 Å². The van der Waals surface area contributed by atoms with E-state index in [0.717, 1.165) is 10.4 Å². The Morgan fingerprint density at radius 2 is 2.00 bits per heavy atom. The molecule has 2 aromatic rings. The molecule has 2 rings (SSSR count). The smallest absolute Gasteiger partial charge is 0.203 e. The zero-order valence-electron chi connectivity index (χ0n) is 10.2. The lowest BCUT2D eigenvalue weighted by Crippen LogP contribution is -2.01. The van der Waals surface area contributed by atoms with E-state index in [1.54, 1.807) is 6.08 Å². The summed E-state index contributed by atoms with van der Waals surface area (Å²) in [5.41, 5.74) is 1.38. The fraction of sp³-hybridized carbons (Fsp3) is 0.0667. The zero-order valence-corrected chi connectivity index (χ0v) is 11.0. The topological polar surface area (TPSA) is 40.9 Å². The molecule has 0 atom stereocenters. The lowest BCUT2D eigenvalue weighted by molar-refractivity contribution is 0.104. The van der Waals surface area contributed by atoms with Crippen molar-refractivity contribution in [2.45, 2.75) is 6.92 Å². The number of rotatable bonds is 3. The maximum Gasteiger partial charge on any atom is 0.203 e. The van der Waals surface area contributed by atoms with E-state index in [0.29, 0.717) is 5.56 Å². The molecule has 1 aromatic carbocycles. The number of halogens is 1. The van der Waals surface area contributed by atoms with Gasteiger partial charge in [0.15, 0.2) is 0 Å². The van der Waals surface area contributed by atoms with Crippen LogP contribution in [0.5, 0.6) is 0 Å². The van der Waals surface area contributed by atoms with Gasteiger partial charge in [0.05, 0.1) is 0 Å². The van der Waals surface area contributed by atoms with Crippen LogP contribution < -0.4 is 0 Å². The molecule has 0 unspecified atom stereocenters. The maximum atomic E-state index is 12.8. The average Bonchev–Trinajstić information content (AvgIpc) is 2.81. The number of hydrogen-bond donors (Lipinski definition) is 0. The first-order valence-electron chi connectivity index (χ1n) is 5.58. The number of nitrogens with zero attached hydrogens (tertiary/aromatic N) is 1. The van der Waals surface area contributed by atoms with Crippen molar-refractivity contribution in [1.29, 1.82) is 5.26 Å². The van der Waals surface area contributed by atoms with E-state index < -0.39 is 11.6 Å². The Morgan fingerprint density at radius 1 is 1.32 bits per heavy atom. The molecule has 0 radical (unpaired) electrons. The lowest BCUT2D eigenvalue weighted by Gasteiger charge is -1.99. The van der Waals surface area contributed by atoms with Gasteiger partial charge in [-0.15, -0.1) is 11.3 Å². The fourth-order valence-corrected chi connectivity index (χ4v) is 2.43. The number of allylic oxidation sites excluding steroid dienone is 1. The van der Waals surface area contributed by atoms with Crippen LogP contribution in [0.4, 0.5) is 4.39 Å². The van der Waals surface area contributed by atoms with Crippen LogP contribution in [0.2, 0.25) is 0 Å². The van der Waals surface area contributed by atoms with Crippen molar-refractivity contribution < 1.29 is 9.18 Å². The molecular weight excluding hydrogens is 261 g/mol. The van der Waals surface area contributed by atoms with Crippen LogP contribution in [-0.2, 0) is 0 Å². The largest absolute Gasteiger partial charge is 0.288 e. The minimum atomic E-state index is -0.409. The van der Waals surface area contributed by atoms with Crippen molar-refractivity contribution in [3.8, 4) is 6.07 Å². The Morgan fingerprint density at radius 3 is 2.53 bits per heavy atom. The van der Waals surface area contributed by atoms with Gasteiger partial charge in [0.1, 0.15) is 17.5 Å². The SMILES string of the molecule is Cc1ccsc1/C=C(\C#N)C(=O)c1ccc(F)cc1. The number of nitriles is 1. The number of benzene rings is 1. The highest BCUT2D eigenvalue weighted by Crippen LogP contribution is 2.20. The molecule has 4 heteroatoms. The number of ketones is 1. The van der Waals surface area contributed by atoms with Gasteiger partial charge in [0.2, 0.25) is 5.78 Å². The maximum absolute atomic E-state index is 12.8. The third-order valence-corrected chi connectivity index (χ3v) is 3.61. The van der Waals surface area contributed by atoms with Crippen LogP contribution in [0.1, 0.15) is 20.8 Å². The van der Waals surface area contributed by atoms with Crippen LogP contribution in [0.3, 0.4) is 0 Å². The molecule has 0 aliphatic carbocycles. The van der Waals surface area contributed by atoms with E-state index in [2.05, 4.69) is 0 Å². The third-order valence-electron chi connectivity index (χ3n) is 2.65. The number of Topliss-reactive ketones (excluding diaryl/α,β-unsaturated/α-hetero) is 1. The molecule has 0 fully saturated rings. The molecular formula is C15H10FNOS. The van der Waals surface area contributed by atoms with Gasteiger partial charge in [0, 0.05) is 10.4 Å². The first-order valence-corrected chi connectivity index (χ1v) is 6.46. The Bertz CT molecular complexity index is 677. The van der Waals surface area contributed by atoms with Gasteiger partial charge in [0.25, 0.3) is 0 Å². The average molecular weight is 271 g/mol. The summed E-state index contributed by atoms with van der Waals surface area (Å²) in [4.78, 5) is 13.0. The molecule has 0 saturated heterocycles. The minimum absolute atomic E-state index is 0.0529. The highest BCUT2D eigenvalue weighted by molar-refractivity contribution is 7.11. The van der Waals surface area contributed by atoms with Gasteiger partial charge in [-0.1, -0.05) is 0 Å². The Hall–Kier alpha value is -2.25. The number of carbonyl (C=O) groups is 1. The molecule has 19 heavy (non-hydrogen) atoms. The first kappa shape index (κ1) is 13.2. The number of carbonyl (C=O) groups excluding carboxylic acids is 1. The van der Waals surface area contributed by atoms with E-state index in [1.807, 2.05) is 24.4 Å². The first-order chi connectivity index (χ1) is 9.11. The lowest BCUT2D eigenvalue weighted by atomic mass is 10.0. The summed E-state index contributed by atoms with van der Waals surface area (Å²) < 4.78 is 12.8. The quantitative estimate of drug-likeness (QED) is 0.481. The van der Waals surface area contributed by atoms with Gasteiger partial charge >= 0.3 is 0 Å². The number of hydrogen-bond acceptors (Lipinski definition) is 3. The molecule has 1 aromatic heterocycles. The second-order valence-electron chi connectivity index (χ2n) is 3.97. The molecule has 1 heterocycles. The van der Waals surface area contributed by atoms with E-state index in [-0.39, 0.29) is 5.57 Å². The van der Waals surface area contributed by atoms with Crippen LogP contribution >= 0.6 is 11.3 Å². The standard InChI is InChI=1S/C15H10FNOS/c1-10-6-7-19-14(10)8-12(9-17)15(18)11-2-4-13(16)5-3-11/h2-8H,1H3/b12-8+. The Kier molecular flexibility index (Phi) is 3.88. The van der Waals surface area contributed by atoms with Gasteiger partial charge in [-0.25, -0.2) is 4.39 Å². The molecule has 0 amide bonds. The summed E-state index contributed by atoms with van der Waals surface area (Å²) in [6, 6.07) is 9.00. The Balaban J connectivity index is 2.36. The fourth-order valence-electron chi connectivity index (χ4n) is 1.57. The van der Waals surface area contributed by atoms with E-state index in [4.69, 9.17) is 5.26 Å². The molecule has 0 bridgehead atoms. The minimum Gasteiger partial charge on any atom is -0.288 e. The van der Waals surface area contributed by atoms with Crippen molar-refractivity contribution in [3.05, 3.63) is 63.1 Å². The predicted octanol–water partition coefficient (Wildman–Crippen LogP) is 3.99. The highest BCUT2D eigenvalue weighted by Gasteiger charge is 2.12. The molecule has 2 nitrogen and oxygen atoms in total. The van der Waals surface area contributed by atoms with Gasteiger partial charge in [-0.2, -0.15) is 5.26 Å². The summed E-state index contributed by atoms with van der Waals surface area (Å²) in [5, 5.41) is 11.0. The normalized spacial score (nSPS) is 11.1. The van der Waals surface area contributed by atoms with Crippen molar-refractivity contribution in [2.24, 2.45) is 0 Å². The summed E-state index contributed by atoms with van der Waals surface area (Å²) in [5.74, 6) is -0.802. The summed E-state index contributed by atoms with van der Waals surface area (Å²) in [7, 11) is 0. The number of aryl methyl sites for hydroxylation is 1. The van der Waals surface area contributed by atoms with E-state index in [1.165, 1.54) is 35.6 Å². The predicted molar refractivity (Wildman–Crippen MR) is 73.4 cm³/mol. The monoisotopic (exact) mass is 271 g/mol. The van der Waals surface area contributed by atoms with Gasteiger partial charge < -0.3 is 0 Å². The molecule has 94 valence electrons. The van der Waals surface area contributed by atoms with Crippen molar-refractivity contribution in [2.75, 3.05) is 0 Å². The molecule has 0 saturated carbocycles. The van der Waals surface area contributed by atoms with E-state index >= 15 is 0 Å². The van der Waals surface area contributed by atoms with E-state index in [9.17, 15) is 9.18 Å². The second-order valence-corrected chi connectivity index (χ2v) is 4.92. The third kappa shape index (κ3) is 2.95. The van der Waals surface area contributed by atoms with Crippen LogP contribution in [-0.4, -0.2) is 5.78 Å². The van der Waals surface area contributed by atoms with Gasteiger partial charge in [-0.05, 0) is 54.3 Å². The van der Waals surface area contributed by atoms with Crippen molar-refractivity contribution in [3.63, 3.8) is 0 Å². The molecule has 0 aliphatic heterocycles. The number of thiophene rings is 1. The molecule has 0 N–H and O–H groups in total. The zero-order chi connectivity index (χ0) is 13.8. The van der Waals surface area contributed by atoms with Crippen LogP contribution in [0.25, 0.3) is 6.08 Å². The second kappa shape index (κ2) is 5.59. The molecule has 0 aliphatic rings. The highest BCUT2D eigenvalue weighted by atomic mass is 32.1. The van der Waals surface area contributed by atoms with Crippen LogP contribution in [0, 0.1) is 24.1 Å². The van der Waals surface area contributed by atoms with Gasteiger partial charge in [-0.3, -0.25) is 4.79 Å². The van der Waals surface area contributed by atoms with Crippen molar-refractivity contribution >= 4 is 23.2 Å². The molecule has 0 spiro atoms. The summed E-state index contributed by atoms with van der Waals surface area (Å²) in [6.45, 7) is 1.92. The van der Waals surface area contributed by atoms with Crippen molar-refractivity contribution in [1.82, 2.24) is 0 Å². The summed E-state index contributed by atoms with van der Waals surface area (Å²) >= 11 is 1.47. The Labute approximate surface area is 114 Å². The summed E-state index contributed by atoms with van der Waals surface area (Å²) in [6.07, 6.45) is 1.58.